The molecule has 0 bridgehead atoms. The van der Waals surface area contributed by atoms with Crippen LogP contribution in [-0.4, -0.2) is 70.6 Å². The first kappa shape index (κ1) is 21.9. The molecule has 3 unspecified atom stereocenters. The Morgan fingerprint density at radius 3 is 2.90 bits per heavy atom. The van der Waals surface area contributed by atoms with Gasteiger partial charge < -0.3 is 25.4 Å². The Hall–Kier alpha value is -2.80. The van der Waals surface area contributed by atoms with Crippen LogP contribution in [0.2, 0.25) is 0 Å². The Bertz CT molecular complexity index is 901. The lowest BCUT2D eigenvalue weighted by atomic mass is 10.0. The van der Waals surface area contributed by atoms with Crippen molar-refractivity contribution in [2.45, 2.75) is 31.4 Å². The number of anilines is 1. The SMILES string of the molecule is CCOC(=O)OC(C)C1=CCSC2C(NC(=O)C(=NOC)c3csc(N)n3)C(=O)N12. The zero-order chi connectivity index (χ0) is 21.8. The largest absolute Gasteiger partial charge is 0.508 e. The highest BCUT2D eigenvalue weighted by Gasteiger charge is 2.52. The van der Waals surface area contributed by atoms with Gasteiger partial charge in [0.1, 0.15) is 30.3 Å². The molecule has 0 aliphatic carbocycles. The highest BCUT2D eigenvalue weighted by Crippen LogP contribution is 2.39. The highest BCUT2D eigenvalue weighted by molar-refractivity contribution is 8.00. The van der Waals surface area contributed by atoms with Crippen LogP contribution < -0.4 is 11.1 Å². The van der Waals surface area contributed by atoms with Gasteiger partial charge in [-0.2, -0.15) is 0 Å². The molecule has 1 aromatic heterocycles. The van der Waals surface area contributed by atoms with Gasteiger partial charge in [-0.1, -0.05) is 11.2 Å². The van der Waals surface area contributed by atoms with E-state index in [4.69, 9.17) is 20.0 Å². The first-order valence-corrected chi connectivity index (χ1v) is 10.9. The Morgan fingerprint density at radius 1 is 1.50 bits per heavy atom. The van der Waals surface area contributed by atoms with Crippen molar-refractivity contribution in [2.75, 3.05) is 25.2 Å². The van der Waals surface area contributed by atoms with Gasteiger partial charge in [0.25, 0.3) is 11.8 Å². The fourth-order valence-electron chi connectivity index (χ4n) is 2.99. The first-order valence-electron chi connectivity index (χ1n) is 8.98. The molecule has 2 aliphatic heterocycles. The van der Waals surface area contributed by atoms with Gasteiger partial charge in [-0.25, -0.2) is 9.78 Å². The number of fused-ring (bicyclic) bond motifs is 1. The average Bonchev–Trinajstić information content (AvgIpc) is 3.15. The Kier molecular flexibility index (Phi) is 6.82. The van der Waals surface area contributed by atoms with Crippen molar-refractivity contribution in [1.82, 2.24) is 15.2 Å². The van der Waals surface area contributed by atoms with Crippen molar-refractivity contribution in [3.05, 3.63) is 22.8 Å². The number of thioether (sulfide) groups is 1. The molecule has 3 rings (SSSR count). The van der Waals surface area contributed by atoms with Crippen molar-refractivity contribution in [2.24, 2.45) is 5.16 Å². The fourth-order valence-corrected chi connectivity index (χ4v) is 4.76. The van der Waals surface area contributed by atoms with Gasteiger partial charge in [0, 0.05) is 11.1 Å². The number of nitrogens with zero attached hydrogens (tertiary/aromatic N) is 3. The molecular weight excluding hydrogens is 434 g/mol. The van der Waals surface area contributed by atoms with Crippen LogP contribution in [0, 0.1) is 0 Å². The van der Waals surface area contributed by atoms with Crippen LogP contribution in [0.4, 0.5) is 9.93 Å². The van der Waals surface area contributed by atoms with Gasteiger partial charge in [-0.3, -0.25) is 14.5 Å². The molecule has 3 N–H and O–H groups in total. The third kappa shape index (κ3) is 4.36. The summed E-state index contributed by atoms with van der Waals surface area (Å²) in [6, 6.07) is -0.765. The number of ether oxygens (including phenoxy) is 2. The number of oxime groups is 1. The lowest BCUT2D eigenvalue weighted by Crippen LogP contribution is -2.70. The molecule has 30 heavy (non-hydrogen) atoms. The van der Waals surface area contributed by atoms with E-state index in [2.05, 4.69) is 15.5 Å². The van der Waals surface area contributed by atoms with Gasteiger partial charge >= 0.3 is 6.16 Å². The van der Waals surface area contributed by atoms with Crippen molar-refractivity contribution in [3.8, 4) is 0 Å². The summed E-state index contributed by atoms with van der Waals surface area (Å²) in [5, 5.41) is 7.92. The van der Waals surface area contributed by atoms with Crippen molar-refractivity contribution in [3.63, 3.8) is 0 Å². The number of amides is 2. The fraction of sp³-hybridized carbons (Fsp3) is 0.471. The summed E-state index contributed by atoms with van der Waals surface area (Å²) < 4.78 is 9.99. The van der Waals surface area contributed by atoms with E-state index in [9.17, 15) is 14.4 Å². The maximum atomic E-state index is 12.8. The predicted octanol–water partition coefficient (Wildman–Crippen LogP) is 0.921. The third-order valence-corrected chi connectivity index (χ3v) is 6.14. The molecule has 1 fully saturated rings. The summed E-state index contributed by atoms with van der Waals surface area (Å²) in [4.78, 5) is 47.4. The van der Waals surface area contributed by atoms with Gasteiger partial charge in [0.15, 0.2) is 10.8 Å². The van der Waals surface area contributed by atoms with E-state index in [1.165, 1.54) is 23.8 Å². The molecule has 3 heterocycles. The summed E-state index contributed by atoms with van der Waals surface area (Å²) in [6.45, 7) is 3.52. The molecule has 0 radical (unpaired) electrons. The number of β-lactam (4-membered cyclic amide) rings is 1. The number of nitrogen functional groups attached to an aromatic ring is 1. The van der Waals surface area contributed by atoms with Crippen LogP contribution in [0.25, 0.3) is 0 Å². The van der Waals surface area contributed by atoms with Gasteiger partial charge in [0.2, 0.25) is 0 Å². The van der Waals surface area contributed by atoms with Crippen LogP contribution in [-0.2, 0) is 23.9 Å². The predicted molar refractivity (Wildman–Crippen MR) is 111 cm³/mol. The van der Waals surface area contributed by atoms with Gasteiger partial charge in [-0.15, -0.1) is 23.1 Å². The molecule has 0 aromatic carbocycles. The minimum absolute atomic E-state index is 0.0766. The highest BCUT2D eigenvalue weighted by atomic mass is 32.2. The number of nitrogens with one attached hydrogen (secondary N) is 1. The van der Waals surface area contributed by atoms with Crippen LogP contribution in [0.3, 0.4) is 0 Å². The number of hydrogen-bond donors (Lipinski definition) is 2. The summed E-state index contributed by atoms with van der Waals surface area (Å²) in [5.74, 6) is -0.331. The molecule has 2 amide bonds. The normalized spacial score (nSPS) is 21.7. The van der Waals surface area contributed by atoms with Crippen LogP contribution in [0.5, 0.6) is 0 Å². The van der Waals surface area contributed by atoms with Crippen molar-refractivity contribution in [1.29, 1.82) is 0 Å². The number of aromatic nitrogens is 1. The molecule has 1 saturated heterocycles. The number of hydrogen-bond acceptors (Lipinski definition) is 11. The zero-order valence-corrected chi connectivity index (χ0v) is 18.1. The number of carbonyl (C=O) groups is 3. The molecule has 3 atom stereocenters. The summed E-state index contributed by atoms with van der Waals surface area (Å²) in [5.41, 5.74) is 6.36. The van der Waals surface area contributed by atoms with Crippen LogP contribution in [0.1, 0.15) is 19.5 Å². The quantitative estimate of drug-likeness (QED) is 0.265. The van der Waals surface area contributed by atoms with Crippen molar-refractivity contribution < 1.29 is 28.7 Å². The Labute approximate surface area is 180 Å². The van der Waals surface area contributed by atoms with E-state index in [0.717, 1.165) is 11.3 Å². The Balaban J connectivity index is 1.68. The van der Waals surface area contributed by atoms with E-state index < -0.39 is 24.2 Å². The second kappa shape index (κ2) is 9.34. The molecular formula is C17H21N5O6S2. The molecule has 0 saturated carbocycles. The maximum absolute atomic E-state index is 12.8. The summed E-state index contributed by atoms with van der Waals surface area (Å²) >= 11 is 2.64. The van der Waals surface area contributed by atoms with Crippen LogP contribution >= 0.6 is 23.1 Å². The number of carbonyl (C=O) groups excluding carboxylic acids is 3. The third-order valence-electron chi connectivity index (χ3n) is 4.28. The molecule has 162 valence electrons. The van der Waals surface area contributed by atoms with Gasteiger partial charge in [-0.05, 0) is 13.8 Å². The van der Waals surface area contributed by atoms with E-state index in [1.54, 1.807) is 19.2 Å². The lowest BCUT2D eigenvalue weighted by Gasteiger charge is -2.50. The van der Waals surface area contributed by atoms with Crippen molar-refractivity contribution >= 4 is 51.9 Å². The maximum Gasteiger partial charge on any atom is 0.508 e. The second-order valence-electron chi connectivity index (χ2n) is 6.15. The molecule has 0 spiro atoms. The zero-order valence-electron chi connectivity index (χ0n) is 16.5. The number of nitrogens with two attached hydrogens (primary N) is 1. The monoisotopic (exact) mass is 455 g/mol. The van der Waals surface area contributed by atoms with E-state index in [1.807, 2.05) is 6.08 Å². The van der Waals surface area contributed by atoms with Crippen LogP contribution in [0.15, 0.2) is 22.3 Å². The second-order valence-corrected chi connectivity index (χ2v) is 8.19. The first-order chi connectivity index (χ1) is 14.4. The molecule has 1 aromatic rings. The van der Waals surface area contributed by atoms with Gasteiger partial charge in [0.05, 0.1) is 12.3 Å². The molecule has 11 nitrogen and oxygen atoms in total. The topological polar surface area (TPSA) is 145 Å². The van der Waals surface area contributed by atoms with E-state index in [-0.39, 0.29) is 34.4 Å². The van der Waals surface area contributed by atoms with E-state index in [0.29, 0.717) is 11.4 Å². The number of rotatable bonds is 7. The molecule has 13 heteroatoms. The summed E-state index contributed by atoms with van der Waals surface area (Å²) in [7, 11) is 1.30. The smallest absolute Gasteiger partial charge is 0.435 e. The lowest BCUT2D eigenvalue weighted by molar-refractivity contribution is -0.146. The summed E-state index contributed by atoms with van der Waals surface area (Å²) in [6.07, 6.45) is 0.342. The standard InChI is InChI=1S/C17H21N5O6S2/c1-4-27-17(25)28-8(2)10-5-6-29-15-12(14(24)22(10)15)20-13(23)11(21-26-3)9-7-30-16(18)19-9/h5,7-8,12,15H,4,6H2,1-3H3,(H2,18,19)(H,20,23). The Morgan fingerprint density at radius 2 is 2.27 bits per heavy atom. The van der Waals surface area contributed by atoms with E-state index >= 15 is 0 Å². The number of thiazole rings is 1. The molecule has 2 aliphatic rings. The minimum atomic E-state index is -0.804. The minimum Gasteiger partial charge on any atom is -0.435 e. The average molecular weight is 456 g/mol.